The minimum Gasteiger partial charge on any atom is -0.293 e. The van der Waals surface area contributed by atoms with Crippen molar-refractivity contribution in [3.63, 3.8) is 0 Å². The van der Waals surface area contributed by atoms with Crippen molar-refractivity contribution < 1.29 is 0 Å². The fourth-order valence-electron chi connectivity index (χ4n) is 6.94. The highest BCUT2D eigenvalue weighted by atomic mass is 15.1. The van der Waals surface area contributed by atoms with Gasteiger partial charge in [-0.25, -0.2) is 19.9 Å². The summed E-state index contributed by atoms with van der Waals surface area (Å²) in [5, 5.41) is 6.56. The number of hydrogen-bond acceptors (Lipinski definition) is 4. The second kappa shape index (κ2) is 9.55. The molecule has 0 amide bonds. The van der Waals surface area contributed by atoms with Crippen LogP contribution in [0.1, 0.15) is 0 Å². The van der Waals surface area contributed by atoms with Gasteiger partial charge in [0.15, 0.2) is 5.82 Å². The third-order valence-electron chi connectivity index (χ3n) is 8.98. The predicted molar refractivity (Wildman–Crippen MR) is 187 cm³/mol. The van der Waals surface area contributed by atoms with Crippen LogP contribution in [0.3, 0.4) is 0 Å². The summed E-state index contributed by atoms with van der Waals surface area (Å²) in [6.07, 6.45) is 1.84. The average Bonchev–Trinajstić information content (AvgIpc) is 3.64. The van der Waals surface area contributed by atoms with E-state index < -0.39 is 0 Å². The largest absolute Gasteiger partial charge is 0.293 e. The lowest BCUT2D eigenvalue weighted by Gasteiger charge is -2.14. The van der Waals surface area contributed by atoms with E-state index in [4.69, 9.17) is 19.9 Å². The van der Waals surface area contributed by atoms with Crippen LogP contribution in [0.25, 0.3) is 88.6 Å². The number of benzene rings is 5. The molecule has 0 atom stereocenters. The van der Waals surface area contributed by atoms with E-state index in [9.17, 15) is 0 Å². The van der Waals surface area contributed by atoms with Gasteiger partial charge in [0, 0.05) is 44.1 Å². The van der Waals surface area contributed by atoms with Crippen molar-refractivity contribution in [1.82, 2.24) is 29.1 Å². The van der Waals surface area contributed by atoms with E-state index in [0.29, 0.717) is 5.82 Å². The third-order valence-corrected chi connectivity index (χ3v) is 8.98. The van der Waals surface area contributed by atoms with Crippen LogP contribution in [0.15, 0.2) is 146 Å². The van der Waals surface area contributed by atoms with Gasteiger partial charge in [0.25, 0.3) is 0 Å². The maximum Gasteiger partial charge on any atom is 0.162 e. The molecular formula is C40H24N6. The van der Waals surface area contributed by atoms with Crippen molar-refractivity contribution in [3.05, 3.63) is 146 Å². The summed E-state index contributed by atoms with van der Waals surface area (Å²) >= 11 is 0. The molecule has 5 aromatic carbocycles. The molecular weight excluding hydrogens is 564 g/mol. The summed E-state index contributed by atoms with van der Waals surface area (Å²) in [6.45, 7) is 0. The molecule has 10 rings (SSSR count). The number of nitrogens with zero attached hydrogens (tertiary/aromatic N) is 6. The van der Waals surface area contributed by atoms with Crippen LogP contribution in [-0.2, 0) is 0 Å². The highest BCUT2D eigenvalue weighted by molar-refractivity contribution is 6.12. The van der Waals surface area contributed by atoms with Gasteiger partial charge in [-0.1, -0.05) is 91.0 Å². The Hall–Kier alpha value is -6.40. The number of fused-ring (bicyclic) bond motifs is 9. The quantitative estimate of drug-likeness (QED) is 0.193. The van der Waals surface area contributed by atoms with Crippen LogP contribution >= 0.6 is 0 Å². The third kappa shape index (κ3) is 3.52. The lowest BCUT2D eigenvalue weighted by molar-refractivity contribution is 1.07. The van der Waals surface area contributed by atoms with Gasteiger partial charge in [0.2, 0.25) is 0 Å². The van der Waals surface area contributed by atoms with E-state index in [1.165, 1.54) is 10.8 Å². The smallest absolute Gasteiger partial charge is 0.162 e. The van der Waals surface area contributed by atoms with E-state index in [1.807, 2.05) is 30.5 Å². The second-order valence-electron chi connectivity index (χ2n) is 11.5. The van der Waals surface area contributed by atoms with Crippen molar-refractivity contribution in [3.8, 4) is 23.0 Å². The number of hydrogen-bond donors (Lipinski definition) is 0. The Morgan fingerprint density at radius 2 is 1.02 bits per heavy atom. The van der Waals surface area contributed by atoms with Crippen molar-refractivity contribution in [2.24, 2.45) is 0 Å². The molecule has 5 heterocycles. The molecule has 46 heavy (non-hydrogen) atoms. The van der Waals surface area contributed by atoms with Crippen LogP contribution < -0.4 is 0 Å². The van der Waals surface area contributed by atoms with E-state index in [1.54, 1.807) is 0 Å². The Labute approximate surface area is 262 Å². The van der Waals surface area contributed by atoms with Crippen molar-refractivity contribution in [2.45, 2.75) is 0 Å². The Bertz CT molecular complexity index is 2700. The molecule has 0 N–H and O–H groups in total. The zero-order valence-electron chi connectivity index (χ0n) is 24.5. The standard InChI is InChI=1S/C40H24N6/c1-2-11-26(12-3-1)38-43-37-31(40(44-38)45-32-17-7-4-13-27(32)28-14-5-8-18-33(28)45)22-20-25-21-23-35(42-36(25)37)46-34-19-9-6-15-29(34)30-16-10-24-41-39(30)46/h1-24H. The summed E-state index contributed by atoms with van der Waals surface area (Å²) in [5.41, 5.74) is 6.71. The molecule has 0 saturated carbocycles. The number of para-hydroxylation sites is 3. The van der Waals surface area contributed by atoms with Crippen LogP contribution in [0.2, 0.25) is 0 Å². The van der Waals surface area contributed by atoms with Crippen molar-refractivity contribution in [1.29, 1.82) is 0 Å². The van der Waals surface area contributed by atoms with Crippen LogP contribution in [0.4, 0.5) is 0 Å². The van der Waals surface area contributed by atoms with Gasteiger partial charge in [-0.3, -0.25) is 9.13 Å². The zero-order valence-corrected chi connectivity index (χ0v) is 24.5. The summed E-state index contributed by atoms with van der Waals surface area (Å²) < 4.78 is 4.42. The van der Waals surface area contributed by atoms with E-state index in [2.05, 4.69) is 124 Å². The van der Waals surface area contributed by atoms with Crippen LogP contribution in [-0.4, -0.2) is 29.1 Å². The van der Waals surface area contributed by atoms with Crippen molar-refractivity contribution >= 4 is 65.5 Å². The van der Waals surface area contributed by atoms with Crippen LogP contribution in [0, 0.1) is 0 Å². The molecule has 0 saturated heterocycles. The molecule has 0 aliphatic heterocycles. The molecule has 6 nitrogen and oxygen atoms in total. The minimum atomic E-state index is 0.656. The minimum absolute atomic E-state index is 0.656. The average molecular weight is 589 g/mol. The summed E-state index contributed by atoms with van der Waals surface area (Å²) in [5.74, 6) is 2.28. The Morgan fingerprint density at radius 3 is 1.76 bits per heavy atom. The first-order chi connectivity index (χ1) is 22.8. The van der Waals surface area contributed by atoms with Gasteiger partial charge < -0.3 is 0 Å². The van der Waals surface area contributed by atoms with E-state index >= 15 is 0 Å². The highest BCUT2D eigenvalue weighted by Crippen LogP contribution is 2.37. The molecule has 6 heteroatoms. The van der Waals surface area contributed by atoms with Gasteiger partial charge in [0.05, 0.1) is 22.1 Å². The fraction of sp³-hybridized carbons (Fsp3) is 0. The molecule has 214 valence electrons. The maximum atomic E-state index is 5.35. The Balaban J connectivity index is 1.34. The fourth-order valence-corrected chi connectivity index (χ4v) is 6.94. The van der Waals surface area contributed by atoms with Gasteiger partial charge >= 0.3 is 0 Å². The number of aromatic nitrogens is 6. The Morgan fingerprint density at radius 1 is 0.413 bits per heavy atom. The summed E-state index contributed by atoms with van der Waals surface area (Å²) in [7, 11) is 0. The van der Waals surface area contributed by atoms with Gasteiger partial charge in [-0.15, -0.1) is 0 Å². The molecule has 0 aliphatic carbocycles. The first kappa shape index (κ1) is 25.0. The Kier molecular flexibility index (Phi) is 5.19. The highest BCUT2D eigenvalue weighted by Gasteiger charge is 2.20. The first-order valence-electron chi connectivity index (χ1n) is 15.3. The number of pyridine rings is 2. The lowest BCUT2D eigenvalue weighted by atomic mass is 10.1. The van der Waals surface area contributed by atoms with Gasteiger partial charge in [-0.2, -0.15) is 0 Å². The van der Waals surface area contributed by atoms with Gasteiger partial charge in [0.1, 0.15) is 22.8 Å². The molecule has 0 radical (unpaired) electrons. The zero-order chi connectivity index (χ0) is 30.2. The summed E-state index contributed by atoms with van der Waals surface area (Å²) in [6, 6.07) is 48.2. The van der Waals surface area contributed by atoms with E-state index in [-0.39, 0.29) is 0 Å². The molecule has 0 fully saturated rings. The number of rotatable bonds is 3. The van der Waals surface area contributed by atoms with E-state index in [0.717, 1.165) is 72.0 Å². The molecule has 5 aromatic heterocycles. The monoisotopic (exact) mass is 588 g/mol. The van der Waals surface area contributed by atoms with Gasteiger partial charge in [-0.05, 0) is 48.5 Å². The molecule has 0 unspecified atom stereocenters. The topological polar surface area (TPSA) is 61.4 Å². The normalized spacial score (nSPS) is 11.9. The second-order valence-corrected chi connectivity index (χ2v) is 11.5. The molecule has 10 aromatic rings. The maximum absolute atomic E-state index is 5.35. The molecule has 0 spiro atoms. The predicted octanol–water partition coefficient (Wildman–Crippen LogP) is 9.43. The lowest BCUT2D eigenvalue weighted by Crippen LogP contribution is -2.04. The molecule has 0 bridgehead atoms. The molecule has 0 aliphatic rings. The van der Waals surface area contributed by atoms with Crippen molar-refractivity contribution in [2.75, 3.05) is 0 Å². The SMILES string of the molecule is c1ccc(-c2nc(-n3c4ccccc4c4ccccc43)c3ccc4ccc(-n5c6ccccc6c6cccnc65)nc4c3n2)cc1. The first-order valence-corrected chi connectivity index (χ1v) is 15.3. The summed E-state index contributed by atoms with van der Waals surface area (Å²) in [4.78, 5) is 20.7. The van der Waals surface area contributed by atoms with Crippen LogP contribution in [0.5, 0.6) is 0 Å².